The van der Waals surface area contributed by atoms with E-state index in [0.29, 0.717) is 0 Å². The van der Waals surface area contributed by atoms with Crippen LogP contribution in [0.5, 0.6) is 0 Å². The highest BCUT2D eigenvalue weighted by Crippen LogP contribution is 2.31. The number of hydrogen-bond acceptors (Lipinski definition) is 1. The van der Waals surface area contributed by atoms with Crippen LogP contribution in [0.25, 0.3) is 0 Å². The Morgan fingerprint density at radius 2 is 1.12 bits per heavy atom. The summed E-state index contributed by atoms with van der Waals surface area (Å²) in [5, 5.41) is 10.8. The van der Waals surface area contributed by atoms with Crippen molar-refractivity contribution in [2.24, 2.45) is 0 Å². The van der Waals surface area contributed by atoms with Gasteiger partial charge in [-0.3, -0.25) is 0 Å². The first kappa shape index (κ1) is 20.4. The highest BCUT2D eigenvalue weighted by atomic mass is 16.3. The minimum atomic E-state index is -0.572. The Bertz CT molecular complexity index is 694. The summed E-state index contributed by atoms with van der Waals surface area (Å²) in [6.07, 6.45) is 3.40. The summed E-state index contributed by atoms with van der Waals surface area (Å²) < 4.78 is 0. The van der Waals surface area contributed by atoms with Gasteiger partial charge in [0.1, 0.15) is 0 Å². The molecule has 1 nitrogen and oxygen atoms in total. The molecule has 0 saturated heterocycles. The predicted molar refractivity (Wildman–Crippen MR) is 107 cm³/mol. The van der Waals surface area contributed by atoms with Crippen LogP contribution in [0, 0.1) is 34.6 Å². The molecule has 132 valence electrons. The first-order chi connectivity index (χ1) is 11.0. The Morgan fingerprint density at radius 1 is 0.708 bits per heavy atom. The van der Waals surface area contributed by atoms with Crippen LogP contribution >= 0.6 is 0 Å². The van der Waals surface area contributed by atoms with E-state index in [4.69, 9.17) is 0 Å². The first-order valence-corrected chi connectivity index (χ1v) is 8.75. The van der Waals surface area contributed by atoms with E-state index in [0.717, 1.165) is 5.56 Å². The van der Waals surface area contributed by atoms with E-state index < -0.39 is 6.10 Å². The molecule has 1 atom stereocenters. The molecule has 0 heterocycles. The molecule has 0 aliphatic carbocycles. The van der Waals surface area contributed by atoms with Crippen molar-refractivity contribution < 1.29 is 5.11 Å². The summed E-state index contributed by atoms with van der Waals surface area (Å²) in [5.41, 5.74) is 12.5. The van der Waals surface area contributed by atoms with Gasteiger partial charge in [-0.05, 0) is 119 Å². The second-order valence-corrected chi connectivity index (χ2v) is 7.28. The molecule has 0 fully saturated rings. The molecule has 1 rings (SSSR count). The molecule has 24 heavy (non-hydrogen) atoms. The first-order valence-electron chi connectivity index (χ1n) is 8.75. The zero-order chi connectivity index (χ0) is 18.8. The standard InChI is InChI=1S/C23H34O/c1-13(2)15(4)16(5)14(3)11-12-22(24)23-20(9)18(7)17(6)19(8)21(23)10/h11-12,22,24H,1-10H3/b12-11+,16-14-. The second kappa shape index (κ2) is 7.98. The number of rotatable bonds is 4. The largest absolute Gasteiger partial charge is 0.384 e. The van der Waals surface area contributed by atoms with Crippen molar-refractivity contribution in [2.75, 3.05) is 0 Å². The van der Waals surface area contributed by atoms with Crippen LogP contribution in [0.2, 0.25) is 0 Å². The fourth-order valence-corrected chi connectivity index (χ4v) is 3.10. The Labute approximate surface area is 148 Å². The van der Waals surface area contributed by atoms with Crippen molar-refractivity contribution in [3.63, 3.8) is 0 Å². The van der Waals surface area contributed by atoms with Gasteiger partial charge in [0.05, 0.1) is 6.10 Å². The Morgan fingerprint density at radius 3 is 1.54 bits per heavy atom. The molecule has 1 N–H and O–H groups in total. The normalized spacial score (nSPS) is 14.0. The zero-order valence-electron chi connectivity index (χ0n) is 17.2. The maximum Gasteiger partial charge on any atom is 0.0980 e. The number of aliphatic hydroxyl groups is 1. The van der Waals surface area contributed by atoms with Gasteiger partial charge in [0.15, 0.2) is 0 Å². The van der Waals surface area contributed by atoms with Gasteiger partial charge >= 0.3 is 0 Å². The van der Waals surface area contributed by atoms with Crippen LogP contribution in [0.1, 0.15) is 74.1 Å². The van der Waals surface area contributed by atoms with E-state index >= 15 is 0 Å². The molecule has 0 radical (unpaired) electrons. The Kier molecular flexibility index (Phi) is 6.80. The van der Waals surface area contributed by atoms with Crippen LogP contribution in [0.3, 0.4) is 0 Å². The van der Waals surface area contributed by atoms with Gasteiger partial charge in [-0.15, -0.1) is 0 Å². The summed E-state index contributed by atoms with van der Waals surface area (Å²) >= 11 is 0. The number of hydrogen-bond donors (Lipinski definition) is 1. The van der Waals surface area contributed by atoms with E-state index in [2.05, 4.69) is 75.3 Å². The molecule has 1 heteroatoms. The molecule has 0 amide bonds. The average molecular weight is 327 g/mol. The Balaban J connectivity index is 3.30. The van der Waals surface area contributed by atoms with Crippen molar-refractivity contribution in [3.8, 4) is 0 Å². The van der Waals surface area contributed by atoms with Gasteiger partial charge in [0.25, 0.3) is 0 Å². The molecule has 0 aromatic heterocycles. The lowest BCUT2D eigenvalue weighted by atomic mass is 9.87. The smallest absolute Gasteiger partial charge is 0.0980 e. The third-order valence-electron chi connectivity index (χ3n) is 5.79. The van der Waals surface area contributed by atoms with Crippen molar-refractivity contribution in [2.45, 2.75) is 75.3 Å². The summed E-state index contributed by atoms with van der Waals surface area (Å²) in [6.45, 7) is 21.3. The topological polar surface area (TPSA) is 20.2 Å². The lowest BCUT2D eigenvalue weighted by Gasteiger charge is -2.21. The minimum Gasteiger partial charge on any atom is -0.384 e. The molecule has 0 saturated carbocycles. The van der Waals surface area contributed by atoms with Gasteiger partial charge in [-0.25, -0.2) is 0 Å². The quantitative estimate of drug-likeness (QED) is 0.625. The summed E-state index contributed by atoms with van der Waals surface area (Å²) in [6, 6.07) is 0. The van der Waals surface area contributed by atoms with Crippen molar-refractivity contribution in [1.82, 2.24) is 0 Å². The molecular weight excluding hydrogens is 292 g/mol. The summed E-state index contributed by atoms with van der Waals surface area (Å²) in [4.78, 5) is 0. The monoisotopic (exact) mass is 326 g/mol. The van der Waals surface area contributed by atoms with E-state index in [-0.39, 0.29) is 0 Å². The molecule has 1 aromatic rings. The molecule has 0 spiro atoms. The van der Waals surface area contributed by atoms with Gasteiger partial charge in [-0.2, -0.15) is 0 Å². The fourth-order valence-electron chi connectivity index (χ4n) is 3.10. The third kappa shape index (κ3) is 4.08. The minimum absolute atomic E-state index is 0.572. The van der Waals surface area contributed by atoms with Crippen molar-refractivity contribution in [3.05, 3.63) is 67.8 Å². The number of allylic oxidation sites excluding steroid dienone is 5. The lowest BCUT2D eigenvalue weighted by molar-refractivity contribution is 0.227. The lowest BCUT2D eigenvalue weighted by Crippen LogP contribution is -2.06. The molecule has 0 bridgehead atoms. The van der Waals surface area contributed by atoms with Gasteiger partial charge in [-0.1, -0.05) is 17.7 Å². The van der Waals surface area contributed by atoms with Gasteiger partial charge in [0.2, 0.25) is 0 Å². The van der Waals surface area contributed by atoms with Gasteiger partial charge < -0.3 is 5.11 Å². The highest BCUT2D eigenvalue weighted by Gasteiger charge is 2.16. The SMILES string of the molecule is CC(C)=C(C)/C(C)=C(C)\C=C\C(O)c1c(C)c(C)c(C)c(C)c1C. The third-order valence-corrected chi connectivity index (χ3v) is 5.79. The summed E-state index contributed by atoms with van der Waals surface area (Å²) in [7, 11) is 0. The van der Waals surface area contributed by atoms with Crippen LogP contribution in [-0.4, -0.2) is 5.11 Å². The van der Waals surface area contributed by atoms with Crippen LogP contribution < -0.4 is 0 Å². The number of benzene rings is 1. The molecule has 0 aliphatic rings. The maximum absolute atomic E-state index is 10.8. The van der Waals surface area contributed by atoms with Crippen LogP contribution in [0.4, 0.5) is 0 Å². The van der Waals surface area contributed by atoms with E-state index in [1.165, 1.54) is 50.1 Å². The highest BCUT2D eigenvalue weighted by molar-refractivity contribution is 5.51. The second-order valence-electron chi connectivity index (χ2n) is 7.28. The van der Waals surface area contributed by atoms with E-state index in [1.54, 1.807) is 0 Å². The molecule has 0 aliphatic heterocycles. The molecular formula is C23H34O. The predicted octanol–water partition coefficient (Wildman–Crippen LogP) is 6.51. The number of aliphatic hydroxyl groups excluding tert-OH is 1. The average Bonchev–Trinajstić information content (AvgIpc) is 2.54. The summed E-state index contributed by atoms with van der Waals surface area (Å²) in [5.74, 6) is 0. The van der Waals surface area contributed by atoms with E-state index in [9.17, 15) is 5.11 Å². The zero-order valence-corrected chi connectivity index (χ0v) is 17.2. The van der Waals surface area contributed by atoms with Crippen molar-refractivity contribution >= 4 is 0 Å². The van der Waals surface area contributed by atoms with Crippen LogP contribution in [-0.2, 0) is 0 Å². The maximum atomic E-state index is 10.8. The fraction of sp³-hybridized carbons (Fsp3) is 0.478. The van der Waals surface area contributed by atoms with E-state index in [1.807, 2.05) is 6.08 Å². The molecule has 1 aromatic carbocycles. The molecule has 1 unspecified atom stereocenters. The van der Waals surface area contributed by atoms with Crippen molar-refractivity contribution in [1.29, 1.82) is 0 Å². The van der Waals surface area contributed by atoms with Gasteiger partial charge in [0, 0.05) is 0 Å². The van der Waals surface area contributed by atoms with Crippen LogP contribution in [0.15, 0.2) is 34.4 Å². The Hall–Kier alpha value is -1.60.